The van der Waals surface area contributed by atoms with E-state index in [9.17, 15) is 4.79 Å². The Kier molecular flexibility index (Phi) is 4.92. The number of halogens is 1. The van der Waals surface area contributed by atoms with Crippen LogP contribution in [0.3, 0.4) is 0 Å². The fraction of sp³-hybridized carbons (Fsp3) is 0.111. The minimum atomic E-state index is -0.171. The van der Waals surface area contributed by atoms with E-state index in [2.05, 4.69) is 23.0 Å². The molecule has 1 N–H and O–H groups in total. The van der Waals surface area contributed by atoms with Crippen LogP contribution in [0.1, 0.15) is 21.5 Å². The molecule has 0 unspecified atom stereocenters. The second-order valence-corrected chi connectivity index (χ2v) is 6.11. The smallest absolute Gasteiger partial charge is 0.256 e. The average molecular weight is 358 g/mol. The summed E-state index contributed by atoms with van der Waals surface area (Å²) in [5.41, 5.74) is 3.91. The zero-order chi connectivity index (χ0) is 17.1. The van der Waals surface area contributed by atoms with Gasteiger partial charge in [0.1, 0.15) is 0 Å². The lowest BCUT2D eigenvalue weighted by molar-refractivity contribution is 0.102. The topological polar surface area (TPSA) is 46.9 Å². The van der Waals surface area contributed by atoms with Crippen LogP contribution >= 0.6 is 24.2 Å². The molecule has 0 bridgehead atoms. The van der Waals surface area contributed by atoms with Gasteiger partial charge in [0.25, 0.3) is 5.91 Å². The number of nitrogens with zero attached hydrogens (tertiary/aromatic N) is 2. The summed E-state index contributed by atoms with van der Waals surface area (Å²) in [6.07, 6.45) is 3.33. The molecular weight excluding hydrogens is 342 g/mol. The highest BCUT2D eigenvalue weighted by molar-refractivity contribution is 7.79. The molecule has 1 heterocycles. The highest BCUT2D eigenvalue weighted by Gasteiger charge is 2.12. The van der Waals surface area contributed by atoms with E-state index in [1.807, 2.05) is 43.3 Å². The molecule has 122 valence electrons. The van der Waals surface area contributed by atoms with E-state index in [1.54, 1.807) is 23.1 Å². The molecule has 0 atom stereocenters. The Balaban J connectivity index is 1.82. The first-order valence-corrected chi connectivity index (χ1v) is 8.41. The van der Waals surface area contributed by atoms with Crippen molar-refractivity contribution in [2.45, 2.75) is 12.7 Å². The van der Waals surface area contributed by atoms with Gasteiger partial charge in [0.15, 0.2) is 0 Å². The molecule has 3 aromatic rings. The van der Waals surface area contributed by atoms with Gasteiger partial charge in [0.05, 0.1) is 28.8 Å². The van der Waals surface area contributed by atoms with Crippen LogP contribution in [-0.2, 0) is 5.75 Å². The van der Waals surface area contributed by atoms with Crippen LogP contribution in [0.5, 0.6) is 0 Å². The van der Waals surface area contributed by atoms with Crippen LogP contribution in [0.4, 0.5) is 5.69 Å². The van der Waals surface area contributed by atoms with Crippen molar-refractivity contribution >= 4 is 35.8 Å². The molecule has 0 radical (unpaired) electrons. The molecular formula is C18H16ClN3OS. The maximum absolute atomic E-state index is 12.5. The molecule has 0 aliphatic carbocycles. The first-order chi connectivity index (χ1) is 11.6. The fourth-order valence-electron chi connectivity index (χ4n) is 2.37. The van der Waals surface area contributed by atoms with Crippen molar-refractivity contribution in [1.29, 1.82) is 0 Å². The number of aromatic nitrogens is 2. The average Bonchev–Trinajstić information content (AvgIpc) is 3.04. The van der Waals surface area contributed by atoms with Gasteiger partial charge in [-0.05, 0) is 36.2 Å². The largest absolute Gasteiger partial charge is 0.319 e. The number of thiol groups is 1. The first-order valence-electron chi connectivity index (χ1n) is 7.40. The third-order valence-electron chi connectivity index (χ3n) is 3.67. The van der Waals surface area contributed by atoms with Gasteiger partial charge >= 0.3 is 0 Å². The van der Waals surface area contributed by atoms with E-state index < -0.39 is 0 Å². The number of aryl methyl sites for hydroxylation is 1. The van der Waals surface area contributed by atoms with Crippen molar-refractivity contribution in [3.8, 4) is 5.69 Å². The van der Waals surface area contributed by atoms with Crippen LogP contribution in [0, 0.1) is 6.92 Å². The molecule has 0 aliphatic rings. The van der Waals surface area contributed by atoms with Gasteiger partial charge in [-0.2, -0.15) is 17.7 Å². The summed E-state index contributed by atoms with van der Waals surface area (Å²) >= 11 is 10.4. The Morgan fingerprint density at radius 1 is 1.29 bits per heavy atom. The Hall–Kier alpha value is -2.24. The molecule has 4 nitrogen and oxygen atoms in total. The molecule has 2 aromatic carbocycles. The second-order valence-electron chi connectivity index (χ2n) is 5.39. The lowest BCUT2D eigenvalue weighted by Crippen LogP contribution is -2.13. The number of hydrogen-bond acceptors (Lipinski definition) is 3. The van der Waals surface area contributed by atoms with Gasteiger partial charge in [0.2, 0.25) is 0 Å². The highest BCUT2D eigenvalue weighted by atomic mass is 35.5. The van der Waals surface area contributed by atoms with Crippen LogP contribution in [0.25, 0.3) is 5.69 Å². The summed E-state index contributed by atoms with van der Waals surface area (Å²) in [6.45, 7) is 1.91. The lowest BCUT2D eigenvalue weighted by atomic mass is 10.1. The van der Waals surface area contributed by atoms with Crippen molar-refractivity contribution in [2.75, 3.05) is 5.32 Å². The summed E-state index contributed by atoms with van der Waals surface area (Å²) in [7, 11) is 0. The lowest BCUT2D eigenvalue weighted by Gasteiger charge is -2.08. The second kappa shape index (κ2) is 7.11. The molecule has 0 saturated heterocycles. The van der Waals surface area contributed by atoms with Gasteiger partial charge < -0.3 is 5.32 Å². The van der Waals surface area contributed by atoms with Crippen molar-refractivity contribution in [1.82, 2.24) is 9.78 Å². The summed E-state index contributed by atoms with van der Waals surface area (Å²) in [4.78, 5) is 12.5. The number of rotatable bonds is 4. The van der Waals surface area contributed by atoms with Gasteiger partial charge in [-0.15, -0.1) is 0 Å². The summed E-state index contributed by atoms with van der Waals surface area (Å²) in [5, 5.41) is 7.72. The zero-order valence-corrected chi connectivity index (χ0v) is 14.7. The molecule has 0 fully saturated rings. The van der Waals surface area contributed by atoms with Gasteiger partial charge in [-0.1, -0.05) is 35.9 Å². The predicted molar refractivity (Wildman–Crippen MR) is 100 cm³/mol. The molecule has 1 amide bonds. The SMILES string of the molecule is Cc1ccc(CS)cc1C(=O)Nc1cnn(-c2ccccc2Cl)c1. The van der Waals surface area contributed by atoms with E-state index in [1.165, 1.54) is 0 Å². The van der Waals surface area contributed by atoms with Gasteiger partial charge in [-0.25, -0.2) is 4.68 Å². The Morgan fingerprint density at radius 2 is 2.08 bits per heavy atom. The third kappa shape index (κ3) is 3.47. The maximum atomic E-state index is 12.5. The minimum absolute atomic E-state index is 0.171. The molecule has 0 saturated carbocycles. The summed E-state index contributed by atoms with van der Waals surface area (Å²) in [5.74, 6) is 0.417. The maximum Gasteiger partial charge on any atom is 0.256 e. The molecule has 3 rings (SSSR count). The zero-order valence-electron chi connectivity index (χ0n) is 13.0. The van der Waals surface area contributed by atoms with Crippen LogP contribution < -0.4 is 5.32 Å². The van der Waals surface area contributed by atoms with E-state index in [4.69, 9.17) is 11.6 Å². The van der Waals surface area contributed by atoms with Crippen LogP contribution in [0.2, 0.25) is 5.02 Å². The number of nitrogens with one attached hydrogen (secondary N) is 1. The molecule has 1 aromatic heterocycles. The number of amides is 1. The Bertz CT molecular complexity index is 891. The van der Waals surface area contributed by atoms with Crippen molar-refractivity contribution in [2.24, 2.45) is 0 Å². The summed E-state index contributed by atoms with van der Waals surface area (Å²) < 4.78 is 1.63. The van der Waals surface area contributed by atoms with Crippen LogP contribution in [-0.4, -0.2) is 15.7 Å². The molecule has 24 heavy (non-hydrogen) atoms. The highest BCUT2D eigenvalue weighted by Crippen LogP contribution is 2.21. The number of benzene rings is 2. The number of hydrogen-bond donors (Lipinski definition) is 2. The van der Waals surface area contributed by atoms with E-state index >= 15 is 0 Å². The molecule has 0 spiro atoms. The molecule has 6 heteroatoms. The third-order valence-corrected chi connectivity index (χ3v) is 4.35. The monoisotopic (exact) mass is 357 g/mol. The number of carbonyl (C=O) groups is 1. The fourth-order valence-corrected chi connectivity index (χ4v) is 2.79. The van der Waals surface area contributed by atoms with Gasteiger partial charge in [0, 0.05) is 11.3 Å². The number of carbonyl (C=O) groups excluding carboxylic acids is 1. The van der Waals surface area contributed by atoms with E-state index in [0.29, 0.717) is 22.0 Å². The Labute approximate surface area is 150 Å². The first kappa shape index (κ1) is 16.6. The predicted octanol–water partition coefficient (Wildman–Crippen LogP) is 4.52. The standard InChI is InChI=1S/C18H16ClN3OS/c1-12-6-7-13(11-24)8-15(12)18(23)21-14-9-20-22(10-14)17-5-3-2-4-16(17)19/h2-10,24H,11H2,1H3,(H,21,23). The number of anilines is 1. The van der Waals surface area contributed by atoms with Crippen molar-refractivity contribution in [3.05, 3.63) is 76.6 Å². The minimum Gasteiger partial charge on any atom is -0.319 e. The Morgan fingerprint density at radius 3 is 2.83 bits per heavy atom. The van der Waals surface area contributed by atoms with Crippen LogP contribution in [0.15, 0.2) is 54.9 Å². The quantitative estimate of drug-likeness (QED) is 0.674. The van der Waals surface area contributed by atoms with E-state index in [-0.39, 0.29) is 5.91 Å². The van der Waals surface area contributed by atoms with Crippen molar-refractivity contribution < 1.29 is 4.79 Å². The number of para-hydroxylation sites is 1. The normalized spacial score (nSPS) is 10.6. The van der Waals surface area contributed by atoms with Crippen molar-refractivity contribution in [3.63, 3.8) is 0 Å². The molecule has 0 aliphatic heterocycles. The van der Waals surface area contributed by atoms with Gasteiger partial charge in [-0.3, -0.25) is 4.79 Å². The summed E-state index contributed by atoms with van der Waals surface area (Å²) in [6, 6.07) is 13.1. The van der Waals surface area contributed by atoms with E-state index in [0.717, 1.165) is 16.8 Å².